The monoisotopic (exact) mass is 318 g/mol. The van der Waals surface area contributed by atoms with Crippen LogP contribution in [-0.4, -0.2) is 28.2 Å². The fourth-order valence-electron chi connectivity index (χ4n) is 1.70. The fraction of sp³-hybridized carbons (Fsp3) is 0.571. The summed E-state index contributed by atoms with van der Waals surface area (Å²) in [5.74, 6) is -0.0943. The van der Waals surface area contributed by atoms with Crippen LogP contribution in [0.2, 0.25) is 0 Å². The number of nitrogen functional groups attached to an aromatic ring is 1. The van der Waals surface area contributed by atoms with Gasteiger partial charge in [0.25, 0.3) is 0 Å². The van der Waals surface area contributed by atoms with E-state index < -0.39 is 15.8 Å². The van der Waals surface area contributed by atoms with Crippen molar-refractivity contribution in [2.45, 2.75) is 32.1 Å². The number of hydrogen-bond acceptors (Lipinski definition) is 4. The minimum Gasteiger partial charge on any atom is -0.399 e. The van der Waals surface area contributed by atoms with E-state index in [1.165, 1.54) is 13.0 Å². The summed E-state index contributed by atoms with van der Waals surface area (Å²) in [6.07, 6.45) is 0.923. The van der Waals surface area contributed by atoms with Gasteiger partial charge in [0.2, 0.25) is 10.0 Å². The van der Waals surface area contributed by atoms with Gasteiger partial charge < -0.3 is 10.5 Å². The number of nitrogens with one attached hydrogen (secondary N) is 1. The Morgan fingerprint density at radius 1 is 1.33 bits per heavy atom. The van der Waals surface area contributed by atoms with E-state index in [4.69, 9.17) is 10.5 Å². The van der Waals surface area contributed by atoms with Crippen LogP contribution in [0.1, 0.15) is 25.8 Å². The van der Waals surface area contributed by atoms with Gasteiger partial charge in [0.15, 0.2) is 0 Å². The average molecular weight is 318 g/mol. The molecule has 21 heavy (non-hydrogen) atoms. The zero-order chi connectivity index (χ0) is 16.0. The first-order chi connectivity index (χ1) is 9.74. The van der Waals surface area contributed by atoms with Crippen molar-refractivity contribution in [3.8, 4) is 0 Å². The highest BCUT2D eigenvalue weighted by Crippen LogP contribution is 2.21. The molecule has 0 bridgehead atoms. The van der Waals surface area contributed by atoms with Crippen molar-refractivity contribution in [1.29, 1.82) is 0 Å². The van der Waals surface area contributed by atoms with E-state index >= 15 is 0 Å². The van der Waals surface area contributed by atoms with Gasteiger partial charge in [-0.15, -0.1) is 0 Å². The summed E-state index contributed by atoms with van der Waals surface area (Å²) in [6, 6.07) is 2.35. The molecule has 0 spiro atoms. The first-order valence-electron chi connectivity index (χ1n) is 6.87. The van der Waals surface area contributed by atoms with E-state index in [1.54, 1.807) is 0 Å². The molecule has 3 N–H and O–H groups in total. The van der Waals surface area contributed by atoms with Crippen molar-refractivity contribution in [3.63, 3.8) is 0 Å². The van der Waals surface area contributed by atoms with Crippen LogP contribution >= 0.6 is 0 Å². The minimum atomic E-state index is -3.79. The Bertz CT molecular complexity index is 574. The molecule has 0 aliphatic heterocycles. The number of nitrogens with two attached hydrogens (primary N) is 1. The van der Waals surface area contributed by atoms with Crippen LogP contribution in [0.5, 0.6) is 0 Å². The maximum atomic E-state index is 13.5. The maximum absolute atomic E-state index is 13.5. The summed E-state index contributed by atoms with van der Waals surface area (Å²) in [4.78, 5) is -0.137. The molecule has 0 unspecified atom stereocenters. The van der Waals surface area contributed by atoms with Crippen LogP contribution < -0.4 is 10.5 Å². The molecule has 0 saturated heterocycles. The second-order valence-corrected chi connectivity index (χ2v) is 7.05. The van der Waals surface area contributed by atoms with E-state index in [-0.39, 0.29) is 29.3 Å². The molecule has 0 atom stereocenters. The Balaban J connectivity index is 2.59. The smallest absolute Gasteiger partial charge is 0.241 e. The molecule has 0 saturated carbocycles. The third-order valence-corrected chi connectivity index (χ3v) is 4.57. The van der Waals surface area contributed by atoms with Crippen molar-refractivity contribution in [2.24, 2.45) is 5.92 Å². The fourth-order valence-corrected chi connectivity index (χ4v) is 3.00. The van der Waals surface area contributed by atoms with Gasteiger partial charge in [0, 0.05) is 24.4 Å². The summed E-state index contributed by atoms with van der Waals surface area (Å²) in [5, 5.41) is 0. The van der Waals surface area contributed by atoms with Crippen LogP contribution in [0.15, 0.2) is 17.0 Å². The standard InChI is InChI=1S/C14H23FN2O3S/c1-10(2)4-6-20-7-5-17-21(18,19)14-9-12(16)8-13(15)11(14)3/h8-10,17H,4-7,16H2,1-3H3. The van der Waals surface area contributed by atoms with E-state index in [9.17, 15) is 12.8 Å². The Kier molecular flexibility index (Phi) is 6.57. The molecule has 0 aromatic heterocycles. The maximum Gasteiger partial charge on any atom is 0.241 e. The topological polar surface area (TPSA) is 81.4 Å². The predicted molar refractivity (Wildman–Crippen MR) is 81.0 cm³/mol. The lowest BCUT2D eigenvalue weighted by Crippen LogP contribution is -2.28. The molecule has 0 radical (unpaired) electrons. The van der Waals surface area contributed by atoms with Crippen LogP contribution in [0, 0.1) is 18.7 Å². The lowest BCUT2D eigenvalue weighted by Gasteiger charge is -2.11. The summed E-state index contributed by atoms with van der Waals surface area (Å²) in [5.41, 5.74) is 5.62. The molecular weight excluding hydrogens is 295 g/mol. The number of sulfonamides is 1. The summed E-state index contributed by atoms with van der Waals surface area (Å²) >= 11 is 0. The molecule has 1 aromatic rings. The number of ether oxygens (including phenoxy) is 1. The summed E-state index contributed by atoms with van der Waals surface area (Å²) in [7, 11) is -3.79. The molecule has 1 aromatic carbocycles. The highest BCUT2D eigenvalue weighted by Gasteiger charge is 2.19. The molecule has 120 valence electrons. The number of hydrogen-bond donors (Lipinski definition) is 2. The van der Waals surface area contributed by atoms with Crippen molar-refractivity contribution in [3.05, 3.63) is 23.5 Å². The Morgan fingerprint density at radius 3 is 2.62 bits per heavy atom. The van der Waals surface area contributed by atoms with Crippen molar-refractivity contribution in [1.82, 2.24) is 4.72 Å². The van der Waals surface area contributed by atoms with Crippen molar-refractivity contribution < 1.29 is 17.5 Å². The second-order valence-electron chi connectivity index (χ2n) is 5.32. The lowest BCUT2D eigenvalue weighted by atomic mass is 10.1. The second kappa shape index (κ2) is 7.72. The lowest BCUT2D eigenvalue weighted by molar-refractivity contribution is 0.128. The van der Waals surface area contributed by atoms with Gasteiger partial charge in [-0.2, -0.15) is 0 Å². The number of anilines is 1. The molecule has 7 heteroatoms. The third-order valence-electron chi connectivity index (χ3n) is 2.99. The van der Waals surface area contributed by atoms with Crippen molar-refractivity contribution in [2.75, 3.05) is 25.5 Å². The van der Waals surface area contributed by atoms with Crippen molar-refractivity contribution >= 4 is 15.7 Å². The third kappa shape index (κ3) is 5.61. The minimum absolute atomic E-state index is 0.0532. The van der Waals surface area contributed by atoms with Crippen LogP contribution in [0.3, 0.4) is 0 Å². The first-order valence-corrected chi connectivity index (χ1v) is 8.35. The van der Waals surface area contributed by atoms with Gasteiger partial charge in [-0.25, -0.2) is 17.5 Å². The molecule has 0 aliphatic rings. The molecular formula is C14H23FN2O3S. The zero-order valence-corrected chi connectivity index (χ0v) is 13.5. The van der Waals surface area contributed by atoms with Crippen LogP contribution in [-0.2, 0) is 14.8 Å². The average Bonchev–Trinajstić information content (AvgIpc) is 2.37. The molecule has 0 aliphatic carbocycles. The van der Waals surface area contributed by atoms with E-state index in [0.717, 1.165) is 12.5 Å². The van der Waals surface area contributed by atoms with Crippen LogP contribution in [0.25, 0.3) is 0 Å². The zero-order valence-electron chi connectivity index (χ0n) is 12.6. The van der Waals surface area contributed by atoms with E-state index in [0.29, 0.717) is 12.5 Å². The van der Waals surface area contributed by atoms with E-state index in [2.05, 4.69) is 18.6 Å². The largest absolute Gasteiger partial charge is 0.399 e. The number of halogens is 1. The quantitative estimate of drug-likeness (QED) is 0.568. The molecule has 5 nitrogen and oxygen atoms in total. The van der Waals surface area contributed by atoms with E-state index in [1.807, 2.05) is 0 Å². The van der Waals surface area contributed by atoms with Gasteiger partial charge in [-0.05, 0) is 31.4 Å². The number of benzene rings is 1. The molecule has 0 amide bonds. The summed E-state index contributed by atoms with van der Waals surface area (Å²) in [6.45, 7) is 6.58. The van der Waals surface area contributed by atoms with Crippen LogP contribution in [0.4, 0.5) is 10.1 Å². The predicted octanol–water partition coefficient (Wildman–Crippen LogP) is 2.06. The van der Waals surface area contributed by atoms with Gasteiger partial charge in [-0.1, -0.05) is 13.8 Å². The highest BCUT2D eigenvalue weighted by atomic mass is 32.2. The van der Waals surface area contributed by atoms with Gasteiger partial charge in [0.05, 0.1) is 11.5 Å². The Morgan fingerprint density at radius 2 is 2.00 bits per heavy atom. The summed E-state index contributed by atoms with van der Waals surface area (Å²) < 4.78 is 45.5. The molecule has 0 fully saturated rings. The highest BCUT2D eigenvalue weighted by molar-refractivity contribution is 7.89. The van der Waals surface area contributed by atoms with Gasteiger partial charge >= 0.3 is 0 Å². The molecule has 1 rings (SSSR count). The normalized spacial score (nSPS) is 12.0. The van der Waals surface area contributed by atoms with Gasteiger partial charge in [-0.3, -0.25) is 0 Å². The Hall–Kier alpha value is -1.18. The van der Waals surface area contributed by atoms with Gasteiger partial charge in [0.1, 0.15) is 5.82 Å². The SMILES string of the molecule is Cc1c(F)cc(N)cc1S(=O)(=O)NCCOCCC(C)C. The molecule has 0 heterocycles. The Labute approximate surface area is 125 Å². The number of rotatable bonds is 8. The first kappa shape index (κ1) is 17.9.